The van der Waals surface area contributed by atoms with Gasteiger partial charge >= 0.3 is 0 Å². The highest BCUT2D eigenvalue weighted by Gasteiger charge is 2.10. The average Bonchev–Trinajstić information content (AvgIpc) is 2.65. The molecule has 0 amide bonds. The van der Waals surface area contributed by atoms with Crippen LogP contribution < -0.4 is 5.73 Å². The van der Waals surface area contributed by atoms with E-state index in [9.17, 15) is 4.39 Å². The standard InChI is InChI=1S/C13H10FN3/c14-9-6-7-11-12(8-9)17(13(15)16-11)10-4-2-1-3-5-10/h1-8H,(H2,15,16). The van der Waals surface area contributed by atoms with Crippen molar-refractivity contribution in [2.24, 2.45) is 0 Å². The molecule has 0 radical (unpaired) electrons. The molecule has 0 aliphatic heterocycles. The van der Waals surface area contributed by atoms with E-state index in [1.165, 1.54) is 12.1 Å². The largest absolute Gasteiger partial charge is 0.369 e. The predicted molar refractivity (Wildman–Crippen MR) is 65.4 cm³/mol. The summed E-state index contributed by atoms with van der Waals surface area (Å²) in [7, 11) is 0. The number of nitrogen functional groups attached to an aromatic ring is 1. The van der Waals surface area contributed by atoms with E-state index < -0.39 is 0 Å². The Balaban J connectivity index is 2.35. The van der Waals surface area contributed by atoms with Crippen molar-refractivity contribution in [1.29, 1.82) is 0 Å². The highest BCUT2D eigenvalue weighted by Crippen LogP contribution is 2.23. The van der Waals surface area contributed by atoms with Crippen LogP contribution in [0.4, 0.5) is 10.3 Å². The number of aromatic nitrogens is 2. The van der Waals surface area contributed by atoms with Gasteiger partial charge in [-0.3, -0.25) is 4.57 Å². The number of hydrogen-bond donors (Lipinski definition) is 1. The van der Waals surface area contributed by atoms with Crippen LogP contribution in [-0.2, 0) is 0 Å². The lowest BCUT2D eigenvalue weighted by molar-refractivity contribution is 0.629. The lowest BCUT2D eigenvalue weighted by atomic mass is 10.3. The Kier molecular flexibility index (Phi) is 2.08. The molecule has 0 atom stereocenters. The molecule has 0 saturated carbocycles. The van der Waals surface area contributed by atoms with E-state index in [0.29, 0.717) is 17.0 Å². The molecule has 0 aliphatic rings. The molecular weight excluding hydrogens is 217 g/mol. The lowest BCUT2D eigenvalue weighted by Crippen LogP contribution is -2.00. The van der Waals surface area contributed by atoms with Crippen molar-refractivity contribution in [3.05, 3.63) is 54.3 Å². The lowest BCUT2D eigenvalue weighted by Gasteiger charge is -2.05. The van der Waals surface area contributed by atoms with Gasteiger partial charge < -0.3 is 5.73 Å². The smallest absolute Gasteiger partial charge is 0.205 e. The van der Waals surface area contributed by atoms with Gasteiger partial charge in [-0.25, -0.2) is 9.37 Å². The molecule has 3 aromatic rings. The Hall–Kier alpha value is -2.36. The summed E-state index contributed by atoms with van der Waals surface area (Å²) in [5.41, 5.74) is 8.10. The van der Waals surface area contributed by atoms with Crippen molar-refractivity contribution in [3.8, 4) is 5.69 Å². The second-order valence-electron chi connectivity index (χ2n) is 3.77. The van der Waals surface area contributed by atoms with Crippen molar-refractivity contribution >= 4 is 17.0 Å². The van der Waals surface area contributed by atoms with Crippen molar-refractivity contribution in [2.75, 3.05) is 5.73 Å². The summed E-state index contributed by atoms with van der Waals surface area (Å²) < 4.78 is 15.0. The molecule has 1 aromatic heterocycles. The van der Waals surface area contributed by atoms with Gasteiger partial charge in [-0.2, -0.15) is 0 Å². The minimum Gasteiger partial charge on any atom is -0.369 e. The second kappa shape index (κ2) is 3.59. The van der Waals surface area contributed by atoms with Crippen LogP contribution in [0.1, 0.15) is 0 Å². The van der Waals surface area contributed by atoms with Gasteiger partial charge in [0.2, 0.25) is 5.95 Å². The van der Waals surface area contributed by atoms with Crippen molar-refractivity contribution < 1.29 is 4.39 Å². The number of anilines is 1. The number of nitrogens with zero attached hydrogens (tertiary/aromatic N) is 2. The third kappa shape index (κ3) is 1.54. The maximum absolute atomic E-state index is 13.3. The molecule has 4 heteroatoms. The molecule has 3 nitrogen and oxygen atoms in total. The van der Waals surface area contributed by atoms with Gasteiger partial charge in [0.1, 0.15) is 5.82 Å². The number of benzene rings is 2. The first-order valence-electron chi connectivity index (χ1n) is 5.24. The number of imidazole rings is 1. The second-order valence-corrected chi connectivity index (χ2v) is 3.77. The van der Waals surface area contributed by atoms with E-state index >= 15 is 0 Å². The molecule has 2 N–H and O–H groups in total. The van der Waals surface area contributed by atoms with Crippen LogP contribution in [-0.4, -0.2) is 9.55 Å². The Morgan fingerprint density at radius 2 is 1.82 bits per heavy atom. The number of para-hydroxylation sites is 1. The van der Waals surface area contributed by atoms with Crippen LogP contribution in [0.15, 0.2) is 48.5 Å². The highest BCUT2D eigenvalue weighted by molar-refractivity contribution is 5.80. The van der Waals surface area contributed by atoms with Crippen LogP contribution in [0.5, 0.6) is 0 Å². The zero-order valence-corrected chi connectivity index (χ0v) is 8.97. The van der Waals surface area contributed by atoms with Crippen molar-refractivity contribution in [3.63, 3.8) is 0 Å². The summed E-state index contributed by atoms with van der Waals surface area (Å²) in [5.74, 6) is 0.0615. The number of halogens is 1. The van der Waals surface area contributed by atoms with E-state index in [4.69, 9.17) is 5.73 Å². The van der Waals surface area contributed by atoms with Crippen LogP contribution >= 0.6 is 0 Å². The quantitative estimate of drug-likeness (QED) is 0.694. The molecule has 0 bridgehead atoms. The number of fused-ring (bicyclic) bond motifs is 1. The van der Waals surface area contributed by atoms with E-state index in [0.717, 1.165) is 5.69 Å². The predicted octanol–water partition coefficient (Wildman–Crippen LogP) is 2.75. The molecule has 2 aromatic carbocycles. The zero-order chi connectivity index (χ0) is 11.8. The summed E-state index contributed by atoms with van der Waals surface area (Å²) in [6.45, 7) is 0. The van der Waals surface area contributed by atoms with Crippen LogP contribution in [0.25, 0.3) is 16.7 Å². The first-order valence-corrected chi connectivity index (χ1v) is 5.24. The van der Waals surface area contributed by atoms with E-state index in [1.54, 1.807) is 10.6 Å². The summed E-state index contributed by atoms with van der Waals surface area (Å²) >= 11 is 0. The molecule has 0 aliphatic carbocycles. The fourth-order valence-corrected chi connectivity index (χ4v) is 1.92. The van der Waals surface area contributed by atoms with Crippen LogP contribution in [0.2, 0.25) is 0 Å². The van der Waals surface area contributed by atoms with Crippen molar-refractivity contribution in [1.82, 2.24) is 9.55 Å². The zero-order valence-electron chi connectivity index (χ0n) is 8.97. The topological polar surface area (TPSA) is 43.8 Å². The molecule has 0 saturated heterocycles. The third-order valence-corrected chi connectivity index (χ3v) is 2.66. The summed E-state index contributed by atoms with van der Waals surface area (Å²) in [6.07, 6.45) is 0. The molecular formula is C13H10FN3. The Morgan fingerprint density at radius 3 is 2.59 bits per heavy atom. The number of hydrogen-bond acceptors (Lipinski definition) is 2. The van der Waals surface area contributed by atoms with Crippen LogP contribution in [0.3, 0.4) is 0 Å². The molecule has 3 rings (SSSR count). The number of nitrogens with two attached hydrogens (primary N) is 1. The Morgan fingerprint density at radius 1 is 1.06 bits per heavy atom. The highest BCUT2D eigenvalue weighted by atomic mass is 19.1. The maximum atomic E-state index is 13.3. The van der Waals surface area contributed by atoms with Gasteiger partial charge in [0.25, 0.3) is 0 Å². The summed E-state index contributed by atoms with van der Waals surface area (Å²) in [5, 5.41) is 0. The van der Waals surface area contributed by atoms with E-state index in [2.05, 4.69) is 4.98 Å². The van der Waals surface area contributed by atoms with Gasteiger partial charge in [0, 0.05) is 11.8 Å². The monoisotopic (exact) mass is 227 g/mol. The van der Waals surface area contributed by atoms with E-state index in [1.807, 2.05) is 30.3 Å². The van der Waals surface area contributed by atoms with Gasteiger partial charge in [-0.05, 0) is 24.3 Å². The first-order chi connectivity index (χ1) is 8.25. The van der Waals surface area contributed by atoms with Crippen LogP contribution in [0, 0.1) is 5.82 Å². The van der Waals surface area contributed by atoms with Gasteiger partial charge in [0.05, 0.1) is 11.0 Å². The normalized spacial score (nSPS) is 10.9. The third-order valence-electron chi connectivity index (χ3n) is 2.66. The average molecular weight is 227 g/mol. The minimum absolute atomic E-state index is 0.297. The number of rotatable bonds is 1. The first kappa shape index (κ1) is 9.84. The van der Waals surface area contributed by atoms with Gasteiger partial charge in [0.15, 0.2) is 0 Å². The molecule has 17 heavy (non-hydrogen) atoms. The molecule has 0 spiro atoms. The Labute approximate surface area is 97.3 Å². The summed E-state index contributed by atoms with van der Waals surface area (Å²) in [4.78, 5) is 4.20. The minimum atomic E-state index is -0.297. The SMILES string of the molecule is Nc1nc2ccc(F)cc2n1-c1ccccc1. The summed E-state index contributed by atoms with van der Waals surface area (Å²) in [6, 6.07) is 14.0. The van der Waals surface area contributed by atoms with Gasteiger partial charge in [-0.15, -0.1) is 0 Å². The molecule has 0 fully saturated rings. The van der Waals surface area contributed by atoms with Crippen molar-refractivity contribution in [2.45, 2.75) is 0 Å². The van der Waals surface area contributed by atoms with E-state index in [-0.39, 0.29) is 5.82 Å². The van der Waals surface area contributed by atoms with Gasteiger partial charge in [-0.1, -0.05) is 18.2 Å². The molecule has 0 unspecified atom stereocenters. The molecule has 84 valence electrons. The molecule has 1 heterocycles. The fourth-order valence-electron chi connectivity index (χ4n) is 1.92. The Bertz CT molecular complexity index is 674. The maximum Gasteiger partial charge on any atom is 0.205 e. The fraction of sp³-hybridized carbons (Fsp3) is 0.